The van der Waals surface area contributed by atoms with E-state index in [-0.39, 0.29) is 16.8 Å². The second-order valence-electron chi connectivity index (χ2n) is 9.31. The Balaban J connectivity index is 1.64. The van der Waals surface area contributed by atoms with Crippen LogP contribution in [-0.2, 0) is 10.0 Å². The van der Waals surface area contributed by atoms with Crippen molar-refractivity contribution in [3.63, 3.8) is 0 Å². The summed E-state index contributed by atoms with van der Waals surface area (Å²) in [5, 5.41) is 1.23. The van der Waals surface area contributed by atoms with Gasteiger partial charge < -0.3 is 4.90 Å². The van der Waals surface area contributed by atoms with Crippen molar-refractivity contribution in [2.24, 2.45) is 0 Å². The molecule has 1 saturated heterocycles. The highest BCUT2D eigenvalue weighted by Crippen LogP contribution is 2.34. The molecule has 0 bridgehead atoms. The molecule has 1 amide bonds. The van der Waals surface area contributed by atoms with E-state index in [2.05, 4.69) is 0 Å². The number of nitrogens with zero attached hydrogens (tertiary/aromatic N) is 4. The zero-order valence-electron chi connectivity index (χ0n) is 20.5. The van der Waals surface area contributed by atoms with Crippen molar-refractivity contribution in [1.29, 1.82) is 0 Å². The number of aryl methyl sites for hydroxylation is 1. The first-order chi connectivity index (χ1) is 16.6. The second-order valence-corrected chi connectivity index (χ2v) is 12.6. The number of fused-ring (bicyclic) bond motifs is 1. The number of amides is 1. The normalized spacial score (nSPS) is 17.3. The Kier molecular flexibility index (Phi) is 7.83. The number of piperidine rings is 1. The number of carbonyl (C=O) groups is 1. The highest BCUT2D eigenvalue weighted by Gasteiger charge is 2.31. The van der Waals surface area contributed by atoms with Crippen LogP contribution in [-0.4, -0.2) is 68.3 Å². The van der Waals surface area contributed by atoms with Gasteiger partial charge in [0.2, 0.25) is 10.0 Å². The molecule has 35 heavy (non-hydrogen) atoms. The van der Waals surface area contributed by atoms with Crippen LogP contribution in [0.15, 0.2) is 41.3 Å². The maximum atomic E-state index is 13.6. The minimum absolute atomic E-state index is 0.0208. The minimum Gasteiger partial charge on any atom is -0.308 e. The zero-order chi connectivity index (χ0) is 25.3. The number of sulfonamides is 1. The first-order valence-corrected chi connectivity index (χ1v) is 14.4. The number of thiazole rings is 1. The van der Waals surface area contributed by atoms with Crippen LogP contribution in [0.2, 0.25) is 5.02 Å². The molecule has 1 aliphatic rings. The van der Waals surface area contributed by atoms with Crippen LogP contribution in [0.3, 0.4) is 0 Å². The monoisotopic (exact) mass is 534 g/mol. The molecule has 10 heteroatoms. The van der Waals surface area contributed by atoms with Gasteiger partial charge in [-0.05, 0) is 82.7 Å². The van der Waals surface area contributed by atoms with Crippen molar-refractivity contribution in [1.82, 2.24) is 14.2 Å². The number of aromatic nitrogens is 1. The van der Waals surface area contributed by atoms with Gasteiger partial charge in [0.1, 0.15) is 0 Å². The van der Waals surface area contributed by atoms with Crippen LogP contribution in [0.25, 0.3) is 10.2 Å². The fourth-order valence-corrected chi connectivity index (χ4v) is 7.48. The van der Waals surface area contributed by atoms with Gasteiger partial charge in [-0.2, -0.15) is 4.31 Å². The number of likely N-dealkylation sites (N-methyl/N-ethyl adjacent to an activating group) is 1. The summed E-state index contributed by atoms with van der Waals surface area (Å²) >= 11 is 7.65. The summed E-state index contributed by atoms with van der Waals surface area (Å²) in [6, 6.07) is 9.98. The van der Waals surface area contributed by atoms with E-state index in [1.807, 2.05) is 45.0 Å². The fraction of sp³-hybridized carbons (Fsp3) is 0.440. The highest BCUT2D eigenvalue weighted by atomic mass is 35.5. The maximum absolute atomic E-state index is 13.6. The Labute approximate surface area is 216 Å². The summed E-state index contributed by atoms with van der Waals surface area (Å²) < 4.78 is 28.8. The Morgan fingerprint density at radius 2 is 1.89 bits per heavy atom. The first kappa shape index (κ1) is 26.0. The van der Waals surface area contributed by atoms with Gasteiger partial charge in [0, 0.05) is 36.3 Å². The van der Waals surface area contributed by atoms with E-state index < -0.39 is 10.0 Å². The molecule has 0 aliphatic carbocycles. The Morgan fingerprint density at radius 1 is 1.17 bits per heavy atom. The summed E-state index contributed by atoms with van der Waals surface area (Å²) in [4.78, 5) is 22.2. The summed E-state index contributed by atoms with van der Waals surface area (Å²) in [6.07, 6.45) is 2.78. The predicted octanol–water partition coefficient (Wildman–Crippen LogP) is 5.03. The van der Waals surface area contributed by atoms with E-state index >= 15 is 0 Å². The average molecular weight is 535 g/mol. The van der Waals surface area contributed by atoms with E-state index in [1.54, 1.807) is 21.3 Å². The minimum atomic E-state index is -3.59. The van der Waals surface area contributed by atoms with Gasteiger partial charge >= 0.3 is 0 Å². The molecule has 188 valence electrons. The van der Waals surface area contributed by atoms with Gasteiger partial charge in [-0.15, -0.1) is 0 Å². The van der Waals surface area contributed by atoms with E-state index in [1.165, 1.54) is 23.5 Å². The van der Waals surface area contributed by atoms with Crippen LogP contribution >= 0.6 is 22.9 Å². The molecule has 2 aromatic carbocycles. The van der Waals surface area contributed by atoms with Crippen LogP contribution in [0.4, 0.5) is 5.13 Å². The van der Waals surface area contributed by atoms with Gasteiger partial charge in [-0.3, -0.25) is 9.69 Å². The molecular formula is C25H31ClN4O3S2. The summed E-state index contributed by atoms with van der Waals surface area (Å²) in [5.41, 5.74) is 2.20. The highest BCUT2D eigenvalue weighted by molar-refractivity contribution is 7.89. The Bertz CT molecular complexity index is 1320. The average Bonchev–Trinajstić information content (AvgIpc) is 3.23. The molecule has 4 rings (SSSR count). The van der Waals surface area contributed by atoms with Crippen molar-refractivity contribution in [3.05, 3.63) is 52.5 Å². The quantitative estimate of drug-likeness (QED) is 0.425. The summed E-state index contributed by atoms with van der Waals surface area (Å²) in [7, 11) is 0.306. The largest absolute Gasteiger partial charge is 0.308 e. The topological polar surface area (TPSA) is 73.8 Å². The molecule has 1 fully saturated rings. The number of anilines is 1. The lowest BCUT2D eigenvalue weighted by Gasteiger charge is -2.32. The first-order valence-electron chi connectivity index (χ1n) is 11.7. The number of benzene rings is 2. The van der Waals surface area contributed by atoms with Gasteiger partial charge in [0.05, 0.1) is 15.1 Å². The lowest BCUT2D eigenvalue weighted by molar-refractivity contribution is 0.0985. The van der Waals surface area contributed by atoms with E-state index in [4.69, 9.17) is 16.6 Å². The fourth-order valence-electron chi connectivity index (χ4n) is 4.33. The molecule has 0 radical (unpaired) electrons. The molecule has 0 saturated carbocycles. The van der Waals surface area contributed by atoms with Crippen molar-refractivity contribution < 1.29 is 13.2 Å². The van der Waals surface area contributed by atoms with E-state index in [9.17, 15) is 13.2 Å². The molecule has 1 aromatic heterocycles. The third kappa shape index (κ3) is 5.54. The van der Waals surface area contributed by atoms with Crippen LogP contribution < -0.4 is 4.90 Å². The van der Waals surface area contributed by atoms with Crippen molar-refractivity contribution in [2.45, 2.75) is 44.0 Å². The third-order valence-electron chi connectivity index (χ3n) is 6.34. The van der Waals surface area contributed by atoms with E-state index in [0.29, 0.717) is 35.4 Å². The van der Waals surface area contributed by atoms with Crippen LogP contribution in [0, 0.1) is 6.92 Å². The molecule has 2 heterocycles. The Morgan fingerprint density at radius 3 is 2.54 bits per heavy atom. The number of halogens is 1. The number of hydrogen-bond donors (Lipinski definition) is 0. The maximum Gasteiger partial charge on any atom is 0.260 e. The van der Waals surface area contributed by atoms with Gasteiger partial charge in [-0.25, -0.2) is 13.4 Å². The summed E-state index contributed by atoms with van der Waals surface area (Å²) in [6.45, 7) is 5.53. The smallest absolute Gasteiger partial charge is 0.260 e. The predicted molar refractivity (Wildman–Crippen MR) is 143 cm³/mol. The van der Waals surface area contributed by atoms with Gasteiger partial charge in [-0.1, -0.05) is 29.4 Å². The molecule has 1 unspecified atom stereocenters. The standard InChI is InChI=1S/C25H31ClN4O3S2/c1-17-15-20(26)16-22-23(17)27-25(34-22)29(14-13-28(3)4)24(31)19-8-10-21(11-9-19)35(32,33)30-12-6-5-7-18(30)2/h8-11,15-16,18H,5-7,12-14H2,1-4H3. The third-order valence-corrected chi connectivity index (χ3v) is 9.61. The van der Waals surface area contributed by atoms with Crippen molar-refractivity contribution in [3.8, 4) is 0 Å². The molecular weight excluding hydrogens is 504 g/mol. The molecule has 7 nitrogen and oxygen atoms in total. The number of carbonyl (C=O) groups excluding carboxylic acids is 1. The van der Waals surface area contributed by atoms with E-state index in [0.717, 1.165) is 35.0 Å². The van der Waals surface area contributed by atoms with Crippen molar-refractivity contribution >= 4 is 54.2 Å². The molecule has 1 atom stereocenters. The number of hydrogen-bond acceptors (Lipinski definition) is 6. The van der Waals surface area contributed by atoms with Gasteiger partial charge in [0.15, 0.2) is 5.13 Å². The lowest BCUT2D eigenvalue weighted by Crippen LogP contribution is -2.41. The SMILES string of the molecule is Cc1cc(Cl)cc2sc(N(CCN(C)C)C(=O)c3ccc(S(=O)(=O)N4CCCCC4C)cc3)nc12. The van der Waals surface area contributed by atoms with Crippen molar-refractivity contribution in [2.75, 3.05) is 38.6 Å². The van der Waals surface area contributed by atoms with Crippen LogP contribution in [0.1, 0.15) is 42.1 Å². The molecule has 0 N–H and O–H groups in total. The van der Waals surface area contributed by atoms with Crippen LogP contribution in [0.5, 0.6) is 0 Å². The second kappa shape index (κ2) is 10.5. The molecule has 0 spiro atoms. The lowest BCUT2D eigenvalue weighted by atomic mass is 10.1. The molecule has 1 aliphatic heterocycles. The molecule has 3 aromatic rings. The number of rotatable bonds is 7. The van der Waals surface area contributed by atoms with Gasteiger partial charge in [0.25, 0.3) is 5.91 Å². The Hall–Kier alpha value is -2.04. The summed E-state index contributed by atoms with van der Waals surface area (Å²) in [5.74, 6) is -0.218. The zero-order valence-corrected chi connectivity index (χ0v) is 22.9.